The van der Waals surface area contributed by atoms with Crippen molar-refractivity contribution in [1.29, 1.82) is 0 Å². The number of nitrogens with one attached hydrogen (secondary N) is 1. The quantitative estimate of drug-likeness (QED) is 0.745. The van der Waals surface area contributed by atoms with Crippen molar-refractivity contribution in [2.24, 2.45) is 0 Å². The first-order valence-electron chi connectivity index (χ1n) is 7.60. The first-order valence-corrected chi connectivity index (χ1v) is 8.39. The topological polar surface area (TPSA) is 12.0 Å². The summed E-state index contributed by atoms with van der Waals surface area (Å²) in [4.78, 5) is 0. The number of benzene rings is 2. The molecule has 1 N–H and O–H groups in total. The summed E-state index contributed by atoms with van der Waals surface area (Å²) in [5, 5.41) is 3.42. The molecule has 0 bridgehead atoms. The summed E-state index contributed by atoms with van der Waals surface area (Å²) in [6.45, 7) is 6.63. The van der Waals surface area contributed by atoms with Crippen LogP contribution in [0.5, 0.6) is 0 Å². The van der Waals surface area contributed by atoms with E-state index in [2.05, 4.69) is 84.5 Å². The lowest BCUT2D eigenvalue weighted by molar-refractivity contribution is 0.688. The van der Waals surface area contributed by atoms with E-state index in [1.807, 2.05) is 7.05 Å². The van der Waals surface area contributed by atoms with Gasteiger partial charge in [-0.15, -0.1) is 0 Å². The molecule has 2 heteroatoms. The molecule has 112 valence electrons. The fourth-order valence-corrected chi connectivity index (χ4v) is 2.96. The fraction of sp³-hybridized carbons (Fsp3) is 0.368. The molecule has 0 amide bonds. The highest BCUT2D eigenvalue weighted by atomic mass is 79.9. The van der Waals surface area contributed by atoms with Crippen LogP contribution in [0.3, 0.4) is 0 Å². The lowest BCUT2D eigenvalue weighted by atomic mass is 9.93. The molecular weight excluding hydrogens is 322 g/mol. The predicted molar refractivity (Wildman–Crippen MR) is 94.9 cm³/mol. The van der Waals surface area contributed by atoms with E-state index in [9.17, 15) is 0 Å². The highest BCUT2D eigenvalue weighted by Crippen LogP contribution is 2.28. The molecule has 2 aromatic rings. The third kappa shape index (κ3) is 3.75. The molecule has 2 unspecified atom stereocenters. The van der Waals surface area contributed by atoms with Gasteiger partial charge in [-0.3, -0.25) is 0 Å². The Morgan fingerprint density at radius 1 is 1.00 bits per heavy atom. The van der Waals surface area contributed by atoms with Crippen molar-refractivity contribution in [1.82, 2.24) is 5.32 Å². The number of hydrogen-bond donors (Lipinski definition) is 1. The minimum atomic E-state index is 0.230. The van der Waals surface area contributed by atoms with Crippen molar-refractivity contribution in [3.63, 3.8) is 0 Å². The molecule has 0 saturated heterocycles. The molecule has 2 aromatic carbocycles. The summed E-state index contributed by atoms with van der Waals surface area (Å²) in [5.41, 5.74) is 5.27. The van der Waals surface area contributed by atoms with Crippen LogP contribution in [0.15, 0.2) is 46.9 Å². The molecule has 0 radical (unpaired) electrons. The molecule has 0 aromatic heterocycles. The molecule has 21 heavy (non-hydrogen) atoms. The SMILES string of the molecule is CCC(C)c1ccc(C(NC)c2ccc(C)c(Br)c2)cc1. The maximum absolute atomic E-state index is 3.63. The monoisotopic (exact) mass is 345 g/mol. The minimum absolute atomic E-state index is 0.230. The van der Waals surface area contributed by atoms with Crippen molar-refractivity contribution in [2.45, 2.75) is 39.2 Å². The third-order valence-electron chi connectivity index (χ3n) is 4.27. The Morgan fingerprint density at radius 3 is 2.10 bits per heavy atom. The summed E-state index contributed by atoms with van der Waals surface area (Å²) in [6.07, 6.45) is 1.18. The standard InChI is InChI=1S/C19H24BrN/c1-5-13(2)15-8-10-16(11-9-15)19(21-4)17-7-6-14(3)18(20)12-17/h6-13,19,21H,5H2,1-4H3. The van der Waals surface area contributed by atoms with Gasteiger partial charge in [0.05, 0.1) is 6.04 Å². The van der Waals surface area contributed by atoms with Crippen LogP contribution >= 0.6 is 15.9 Å². The third-order valence-corrected chi connectivity index (χ3v) is 5.12. The van der Waals surface area contributed by atoms with Crippen molar-refractivity contribution < 1.29 is 0 Å². The Morgan fingerprint density at radius 2 is 1.57 bits per heavy atom. The first-order chi connectivity index (χ1) is 10.1. The van der Waals surface area contributed by atoms with Gasteiger partial charge in [0.2, 0.25) is 0 Å². The Balaban J connectivity index is 2.30. The summed E-state index contributed by atoms with van der Waals surface area (Å²) in [7, 11) is 2.01. The van der Waals surface area contributed by atoms with Gasteiger partial charge in [0.15, 0.2) is 0 Å². The Hall–Kier alpha value is -1.12. The molecule has 0 heterocycles. The summed E-state index contributed by atoms with van der Waals surface area (Å²) in [5.74, 6) is 0.626. The van der Waals surface area contributed by atoms with Crippen LogP contribution in [-0.2, 0) is 0 Å². The molecular formula is C19H24BrN. The second kappa shape index (κ2) is 7.24. The zero-order chi connectivity index (χ0) is 15.4. The number of halogens is 1. The van der Waals surface area contributed by atoms with Crippen molar-refractivity contribution >= 4 is 15.9 Å². The van der Waals surface area contributed by atoms with E-state index in [-0.39, 0.29) is 6.04 Å². The van der Waals surface area contributed by atoms with E-state index in [1.165, 1.54) is 28.7 Å². The Labute approximate surface area is 136 Å². The van der Waals surface area contributed by atoms with E-state index in [1.54, 1.807) is 0 Å². The minimum Gasteiger partial charge on any atom is -0.309 e. The van der Waals surface area contributed by atoms with Gasteiger partial charge in [0, 0.05) is 4.47 Å². The van der Waals surface area contributed by atoms with Crippen molar-refractivity contribution in [3.8, 4) is 0 Å². The summed E-state index contributed by atoms with van der Waals surface area (Å²) >= 11 is 3.63. The fourth-order valence-electron chi connectivity index (χ4n) is 2.57. The maximum Gasteiger partial charge on any atom is 0.0574 e. The molecule has 0 spiro atoms. The van der Waals surface area contributed by atoms with Gasteiger partial charge in [-0.2, -0.15) is 0 Å². The highest BCUT2D eigenvalue weighted by molar-refractivity contribution is 9.10. The van der Waals surface area contributed by atoms with Gasteiger partial charge in [0.25, 0.3) is 0 Å². The largest absolute Gasteiger partial charge is 0.309 e. The van der Waals surface area contributed by atoms with Crippen LogP contribution in [-0.4, -0.2) is 7.05 Å². The van der Waals surface area contributed by atoms with E-state index < -0.39 is 0 Å². The van der Waals surface area contributed by atoms with Crippen LogP contribution in [0.25, 0.3) is 0 Å². The predicted octanol–water partition coefficient (Wildman–Crippen LogP) is 5.58. The molecule has 0 aliphatic heterocycles. The zero-order valence-corrected chi connectivity index (χ0v) is 14.9. The summed E-state index contributed by atoms with van der Waals surface area (Å²) < 4.78 is 1.16. The van der Waals surface area contributed by atoms with Crippen LogP contribution < -0.4 is 5.32 Å². The molecule has 0 fully saturated rings. The van der Waals surface area contributed by atoms with Gasteiger partial charge in [-0.25, -0.2) is 0 Å². The van der Waals surface area contributed by atoms with Crippen LogP contribution in [0, 0.1) is 6.92 Å². The Kier molecular flexibility index (Phi) is 5.60. The first kappa shape index (κ1) is 16.3. The lowest BCUT2D eigenvalue weighted by Crippen LogP contribution is -2.17. The zero-order valence-electron chi connectivity index (χ0n) is 13.3. The van der Waals surface area contributed by atoms with Gasteiger partial charge in [0.1, 0.15) is 0 Å². The molecule has 0 saturated carbocycles. The molecule has 2 atom stereocenters. The van der Waals surface area contributed by atoms with Gasteiger partial charge in [-0.05, 0) is 54.6 Å². The molecule has 2 rings (SSSR count). The van der Waals surface area contributed by atoms with E-state index >= 15 is 0 Å². The van der Waals surface area contributed by atoms with Crippen LogP contribution in [0.2, 0.25) is 0 Å². The summed E-state index contributed by atoms with van der Waals surface area (Å²) in [6, 6.07) is 15.8. The van der Waals surface area contributed by atoms with E-state index in [0.29, 0.717) is 5.92 Å². The smallest absolute Gasteiger partial charge is 0.0574 e. The van der Waals surface area contributed by atoms with Gasteiger partial charge >= 0.3 is 0 Å². The molecule has 0 aliphatic rings. The highest BCUT2D eigenvalue weighted by Gasteiger charge is 2.13. The van der Waals surface area contributed by atoms with Crippen molar-refractivity contribution in [2.75, 3.05) is 7.05 Å². The molecule has 0 aliphatic carbocycles. The van der Waals surface area contributed by atoms with Crippen molar-refractivity contribution in [3.05, 3.63) is 69.2 Å². The second-order valence-electron chi connectivity index (χ2n) is 5.71. The normalized spacial score (nSPS) is 14.0. The maximum atomic E-state index is 3.63. The van der Waals surface area contributed by atoms with Crippen LogP contribution in [0.4, 0.5) is 0 Å². The number of aryl methyl sites for hydroxylation is 1. The van der Waals surface area contributed by atoms with Crippen LogP contribution in [0.1, 0.15) is 54.5 Å². The number of hydrogen-bond acceptors (Lipinski definition) is 1. The average molecular weight is 346 g/mol. The second-order valence-corrected chi connectivity index (χ2v) is 6.56. The lowest BCUT2D eigenvalue weighted by Gasteiger charge is -2.19. The van der Waals surface area contributed by atoms with Gasteiger partial charge in [-0.1, -0.05) is 66.2 Å². The number of rotatable bonds is 5. The van der Waals surface area contributed by atoms with Gasteiger partial charge < -0.3 is 5.32 Å². The Bertz CT molecular complexity index is 589. The van der Waals surface area contributed by atoms with E-state index in [4.69, 9.17) is 0 Å². The molecule has 1 nitrogen and oxygen atoms in total. The van der Waals surface area contributed by atoms with E-state index in [0.717, 1.165) is 4.47 Å². The average Bonchev–Trinajstić information content (AvgIpc) is 2.51.